The maximum atomic E-state index is 11.1. The summed E-state index contributed by atoms with van der Waals surface area (Å²) in [7, 11) is 1.71. The van der Waals surface area contributed by atoms with Gasteiger partial charge in [0.2, 0.25) is 5.91 Å². The van der Waals surface area contributed by atoms with E-state index in [4.69, 9.17) is 0 Å². The molecule has 1 aromatic heterocycles. The number of amides is 1. The Morgan fingerprint density at radius 3 is 2.53 bits per heavy atom. The fourth-order valence-electron chi connectivity index (χ4n) is 2.96. The van der Waals surface area contributed by atoms with Crippen LogP contribution in [0.4, 0.5) is 5.69 Å². The van der Waals surface area contributed by atoms with E-state index in [0.29, 0.717) is 19.0 Å². The summed E-state index contributed by atoms with van der Waals surface area (Å²) in [5, 5.41) is 20.8. The number of nitrogens with one attached hydrogen (secondary N) is 3. The Hall–Kier alpha value is -2.17. The molecule has 0 saturated carbocycles. The third-order valence-corrected chi connectivity index (χ3v) is 5.66. The number of aliphatic imine (C=N–C) groups is 1. The number of hydrogen-bond donors (Lipinski definition) is 4. The Balaban J connectivity index is 0.00000320. The third kappa shape index (κ3) is 6.96. The first-order valence-corrected chi connectivity index (χ1v) is 10.3. The molecule has 0 saturated heterocycles. The van der Waals surface area contributed by atoms with Gasteiger partial charge in [0.15, 0.2) is 5.96 Å². The molecular formula is C22H27IN4O2S. The van der Waals surface area contributed by atoms with Gasteiger partial charge in [-0.25, -0.2) is 0 Å². The molecule has 1 atom stereocenters. The number of nitrogens with zero attached hydrogens (tertiary/aromatic N) is 1. The summed E-state index contributed by atoms with van der Waals surface area (Å²) in [6.07, 6.45) is 0.229. The Labute approximate surface area is 197 Å². The van der Waals surface area contributed by atoms with Crippen molar-refractivity contribution in [1.29, 1.82) is 0 Å². The number of carbonyl (C=O) groups is 1. The van der Waals surface area contributed by atoms with Crippen LogP contribution in [0.5, 0.6) is 0 Å². The minimum absolute atomic E-state index is 0. The number of carbonyl (C=O) groups excluding carboxylic acids is 1. The molecule has 1 heterocycles. The zero-order valence-corrected chi connectivity index (χ0v) is 20.2. The standard InChI is InChI=1S/C22H26N4O2S.HI/c1-15(27)26-18-9-7-16(8-10-18)11-12-24-22(23-2)25-14-19(28)21-13-17-5-3-4-6-20(17)29-21;/h3-10,13,19,28H,11-12,14H2,1-2H3,(H,26,27)(H2,23,24,25);1H. The van der Waals surface area contributed by atoms with Crippen molar-refractivity contribution in [2.24, 2.45) is 4.99 Å². The summed E-state index contributed by atoms with van der Waals surface area (Å²) in [5.74, 6) is 0.576. The topological polar surface area (TPSA) is 85.8 Å². The van der Waals surface area contributed by atoms with Crippen LogP contribution in [-0.2, 0) is 11.2 Å². The first-order valence-electron chi connectivity index (χ1n) is 9.53. The van der Waals surface area contributed by atoms with Crippen LogP contribution in [0.15, 0.2) is 59.6 Å². The molecule has 6 nitrogen and oxygen atoms in total. The third-order valence-electron chi connectivity index (χ3n) is 4.44. The van der Waals surface area contributed by atoms with Gasteiger partial charge in [0.05, 0.1) is 0 Å². The van der Waals surface area contributed by atoms with Crippen LogP contribution in [0.2, 0.25) is 0 Å². The second kappa shape index (κ2) is 11.9. The smallest absolute Gasteiger partial charge is 0.221 e. The van der Waals surface area contributed by atoms with Crippen molar-refractivity contribution in [1.82, 2.24) is 10.6 Å². The van der Waals surface area contributed by atoms with Crippen LogP contribution in [0.1, 0.15) is 23.5 Å². The van der Waals surface area contributed by atoms with Crippen molar-refractivity contribution >= 4 is 63.0 Å². The minimum Gasteiger partial charge on any atom is -0.386 e. The van der Waals surface area contributed by atoms with E-state index in [9.17, 15) is 9.90 Å². The number of anilines is 1. The zero-order valence-electron chi connectivity index (χ0n) is 17.0. The van der Waals surface area contributed by atoms with Gasteiger partial charge in [-0.3, -0.25) is 9.79 Å². The van der Waals surface area contributed by atoms with Crippen molar-refractivity contribution in [3.05, 3.63) is 65.0 Å². The van der Waals surface area contributed by atoms with Crippen molar-refractivity contribution < 1.29 is 9.90 Å². The number of benzene rings is 2. The monoisotopic (exact) mass is 538 g/mol. The van der Waals surface area contributed by atoms with Gasteiger partial charge in [0.1, 0.15) is 6.10 Å². The van der Waals surface area contributed by atoms with Gasteiger partial charge in [-0.05, 0) is 41.6 Å². The minimum atomic E-state index is -0.590. The van der Waals surface area contributed by atoms with Crippen LogP contribution in [0.3, 0.4) is 0 Å². The van der Waals surface area contributed by atoms with Crippen LogP contribution in [-0.4, -0.2) is 37.1 Å². The molecular weight excluding hydrogens is 511 g/mol. The Kier molecular flexibility index (Phi) is 9.54. The molecule has 3 rings (SSSR count). The van der Waals surface area contributed by atoms with Crippen LogP contribution in [0.25, 0.3) is 10.1 Å². The van der Waals surface area contributed by atoms with Crippen molar-refractivity contribution in [2.75, 3.05) is 25.5 Å². The lowest BCUT2D eigenvalue weighted by Gasteiger charge is -2.14. The number of aliphatic hydroxyl groups is 1. The first-order chi connectivity index (χ1) is 14.0. The lowest BCUT2D eigenvalue weighted by Crippen LogP contribution is -2.40. The van der Waals surface area contributed by atoms with Gasteiger partial charge in [-0.1, -0.05) is 30.3 Å². The highest BCUT2D eigenvalue weighted by atomic mass is 127. The van der Waals surface area contributed by atoms with E-state index in [1.54, 1.807) is 18.4 Å². The molecule has 0 aliphatic rings. The molecule has 8 heteroatoms. The quantitative estimate of drug-likeness (QED) is 0.209. The second-order valence-corrected chi connectivity index (χ2v) is 7.83. The van der Waals surface area contributed by atoms with Gasteiger partial charge in [0.25, 0.3) is 0 Å². The van der Waals surface area contributed by atoms with E-state index in [2.05, 4.69) is 33.1 Å². The Bertz CT molecular complexity index is 955. The largest absolute Gasteiger partial charge is 0.386 e. The average Bonchev–Trinajstić information content (AvgIpc) is 3.15. The predicted molar refractivity (Wildman–Crippen MR) is 136 cm³/mol. The van der Waals surface area contributed by atoms with E-state index in [-0.39, 0.29) is 29.9 Å². The summed E-state index contributed by atoms with van der Waals surface area (Å²) in [6, 6.07) is 17.9. The SMILES string of the molecule is CN=C(NCCc1ccc(NC(C)=O)cc1)NCC(O)c1cc2ccccc2s1.I. The molecule has 3 aromatic rings. The van der Waals surface area contributed by atoms with Crippen LogP contribution >= 0.6 is 35.3 Å². The second-order valence-electron chi connectivity index (χ2n) is 6.71. The van der Waals surface area contributed by atoms with Crippen LogP contribution in [0, 0.1) is 0 Å². The maximum Gasteiger partial charge on any atom is 0.221 e. The van der Waals surface area contributed by atoms with Gasteiger partial charge in [0, 0.05) is 42.3 Å². The summed E-state index contributed by atoms with van der Waals surface area (Å²) in [4.78, 5) is 16.2. The molecule has 160 valence electrons. The summed E-state index contributed by atoms with van der Waals surface area (Å²) in [5.41, 5.74) is 1.95. The van der Waals surface area contributed by atoms with Crippen molar-refractivity contribution in [2.45, 2.75) is 19.4 Å². The average molecular weight is 538 g/mol. The number of thiophene rings is 1. The number of hydrogen-bond acceptors (Lipinski definition) is 4. The lowest BCUT2D eigenvalue weighted by molar-refractivity contribution is -0.114. The highest BCUT2D eigenvalue weighted by molar-refractivity contribution is 14.0. The Morgan fingerprint density at radius 1 is 1.13 bits per heavy atom. The maximum absolute atomic E-state index is 11.1. The van der Waals surface area contributed by atoms with Crippen LogP contribution < -0.4 is 16.0 Å². The number of halogens is 1. The molecule has 0 aliphatic heterocycles. The summed E-state index contributed by atoms with van der Waals surface area (Å²) in [6.45, 7) is 2.59. The molecule has 30 heavy (non-hydrogen) atoms. The van der Waals surface area contributed by atoms with E-state index < -0.39 is 6.10 Å². The normalized spacial score (nSPS) is 12.2. The highest BCUT2D eigenvalue weighted by Gasteiger charge is 2.12. The van der Waals surface area contributed by atoms with Crippen molar-refractivity contribution in [3.8, 4) is 0 Å². The number of fused-ring (bicyclic) bond motifs is 1. The Morgan fingerprint density at radius 2 is 1.87 bits per heavy atom. The molecule has 0 aliphatic carbocycles. The fraction of sp³-hybridized carbons (Fsp3) is 0.273. The molecule has 4 N–H and O–H groups in total. The van der Waals surface area contributed by atoms with Gasteiger partial charge >= 0.3 is 0 Å². The highest BCUT2D eigenvalue weighted by Crippen LogP contribution is 2.29. The molecule has 0 fully saturated rings. The predicted octanol–water partition coefficient (Wildman–Crippen LogP) is 3.92. The van der Waals surface area contributed by atoms with Gasteiger partial charge in [-0.2, -0.15) is 0 Å². The zero-order chi connectivity index (χ0) is 20.6. The fourth-order valence-corrected chi connectivity index (χ4v) is 4.02. The number of guanidine groups is 1. The number of rotatable bonds is 7. The van der Waals surface area contributed by atoms with Crippen molar-refractivity contribution in [3.63, 3.8) is 0 Å². The van der Waals surface area contributed by atoms with E-state index in [1.165, 1.54) is 11.6 Å². The molecule has 0 radical (unpaired) electrons. The first kappa shape index (κ1) is 24.1. The van der Waals surface area contributed by atoms with E-state index in [1.807, 2.05) is 42.5 Å². The summed E-state index contributed by atoms with van der Waals surface area (Å²) >= 11 is 1.61. The van der Waals surface area contributed by atoms with Gasteiger partial charge < -0.3 is 21.1 Å². The van der Waals surface area contributed by atoms with E-state index in [0.717, 1.165) is 27.9 Å². The molecule has 1 unspecified atom stereocenters. The molecule has 2 aromatic carbocycles. The van der Waals surface area contributed by atoms with Gasteiger partial charge in [-0.15, -0.1) is 35.3 Å². The van der Waals surface area contributed by atoms with E-state index >= 15 is 0 Å². The molecule has 1 amide bonds. The lowest BCUT2D eigenvalue weighted by atomic mass is 10.1. The number of aliphatic hydroxyl groups excluding tert-OH is 1. The molecule has 0 spiro atoms. The molecule has 0 bridgehead atoms. The summed E-state index contributed by atoms with van der Waals surface area (Å²) < 4.78 is 1.17.